The molecule has 0 bridgehead atoms. The molecule has 7 heteroatoms. The summed E-state index contributed by atoms with van der Waals surface area (Å²) >= 11 is 0. The Morgan fingerprint density at radius 1 is 0.806 bits per heavy atom. The summed E-state index contributed by atoms with van der Waals surface area (Å²) in [5.74, 6) is -0.735. The van der Waals surface area contributed by atoms with Crippen LogP contribution in [0.25, 0.3) is 21.9 Å². The molecule has 0 aliphatic rings. The van der Waals surface area contributed by atoms with Gasteiger partial charge in [-0.25, -0.2) is 0 Å². The fourth-order valence-corrected chi connectivity index (χ4v) is 3.36. The molecule has 0 aliphatic heterocycles. The van der Waals surface area contributed by atoms with Gasteiger partial charge < -0.3 is 20.4 Å². The zero-order valence-corrected chi connectivity index (χ0v) is 16.4. The summed E-state index contributed by atoms with van der Waals surface area (Å²) < 4.78 is 0. The van der Waals surface area contributed by atoms with Gasteiger partial charge in [0, 0.05) is 17.0 Å². The number of aliphatic imine (C=N–C) groups is 1. The van der Waals surface area contributed by atoms with Gasteiger partial charge >= 0.3 is 0 Å². The number of rotatable bonds is 5. The second kappa shape index (κ2) is 8.33. The third-order valence-electron chi connectivity index (χ3n) is 5.05. The lowest BCUT2D eigenvalue weighted by Crippen LogP contribution is -2.08. The molecular formula is C24H20N2O5. The molecule has 0 spiro atoms. The maximum Gasteiger partial charge on any atom is 0.258 e. The average Bonchev–Trinajstić information content (AvgIpc) is 2.78. The van der Waals surface area contributed by atoms with Crippen LogP contribution in [-0.4, -0.2) is 31.6 Å². The first-order valence-electron chi connectivity index (χ1n) is 9.56. The Labute approximate surface area is 177 Å². The molecule has 0 atom stereocenters. The van der Waals surface area contributed by atoms with Crippen LogP contribution in [-0.2, 0) is 13.2 Å². The van der Waals surface area contributed by atoms with E-state index in [0.29, 0.717) is 21.9 Å². The monoisotopic (exact) mass is 416 g/mol. The van der Waals surface area contributed by atoms with Crippen LogP contribution in [0, 0.1) is 0 Å². The van der Waals surface area contributed by atoms with E-state index in [4.69, 9.17) is 0 Å². The highest BCUT2D eigenvalue weighted by Crippen LogP contribution is 2.28. The number of nitrogens with zero attached hydrogens (tertiary/aromatic N) is 1. The molecule has 4 rings (SSSR count). The third-order valence-corrected chi connectivity index (χ3v) is 5.05. The lowest BCUT2D eigenvalue weighted by Gasteiger charge is -2.08. The largest absolute Gasteiger partial charge is 0.504 e. The summed E-state index contributed by atoms with van der Waals surface area (Å²) in [5.41, 5.74) is 3.18. The van der Waals surface area contributed by atoms with E-state index in [2.05, 4.69) is 9.98 Å². The molecule has 0 fully saturated rings. The number of hydrogen-bond acceptors (Lipinski definition) is 6. The van der Waals surface area contributed by atoms with Crippen LogP contribution in [0.3, 0.4) is 0 Å². The van der Waals surface area contributed by atoms with Gasteiger partial charge in [0.05, 0.1) is 18.7 Å². The van der Waals surface area contributed by atoms with Crippen molar-refractivity contribution >= 4 is 17.0 Å². The van der Waals surface area contributed by atoms with Crippen molar-refractivity contribution in [2.24, 2.45) is 4.99 Å². The van der Waals surface area contributed by atoms with Crippen molar-refractivity contribution in [2.45, 2.75) is 13.2 Å². The molecule has 5 N–H and O–H groups in total. The van der Waals surface area contributed by atoms with Gasteiger partial charge in [-0.3, -0.25) is 14.8 Å². The number of phenols is 2. The molecule has 31 heavy (non-hydrogen) atoms. The minimum absolute atomic E-state index is 0.0410. The Morgan fingerprint density at radius 2 is 1.52 bits per heavy atom. The van der Waals surface area contributed by atoms with Gasteiger partial charge in [0.1, 0.15) is 0 Å². The molecule has 0 saturated carbocycles. The number of nitrogens with one attached hydrogen (secondary N) is 1. The van der Waals surface area contributed by atoms with E-state index in [-0.39, 0.29) is 30.5 Å². The van der Waals surface area contributed by atoms with E-state index in [1.54, 1.807) is 12.1 Å². The van der Waals surface area contributed by atoms with E-state index >= 15 is 0 Å². The summed E-state index contributed by atoms with van der Waals surface area (Å²) in [6, 6.07) is 17.1. The summed E-state index contributed by atoms with van der Waals surface area (Å²) in [6.07, 6.45) is 1.47. The standard InChI is InChI=1S/C24H20N2O5/c27-13-14-1-4-16(5-2-14)17-6-7-18-19(10-17)20(24(31)26-23(18)30)12-25-11-15-3-8-21(28)22(29)9-15/h1-10,12,27-29H,11,13H2,(H2,26,30,31). The second-order valence-corrected chi connectivity index (χ2v) is 7.12. The van der Waals surface area contributed by atoms with Crippen LogP contribution < -0.4 is 5.56 Å². The van der Waals surface area contributed by atoms with Gasteiger partial charge in [-0.15, -0.1) is 0 Å². The fraction of sp³-hybridized carbons (Fsp3) is 0.0833. The number of phenolic OH excluding ortho intramolecular Hbond substituents is 2. The summed E-state index contributed by atoms with van der Waals surface area (Å²) in [4.78, 5) is 19.1. The predicted octanol–water partition coefficient (Wildman–Crippen LogP) is 3.42. The van der Waals surface area contributed by atoms with Gasteiger partial charge in [0.25, 0.3) is 5.56 Å². The van der Waals surface area contributed by atoms with Gasteiger partial charge in [-0.05, 0) is 46.5 Å². The first kappa shape index (κ1) is 20.2. The predicted molar refractivity (Wildman–Crippen MR) is 119 cm³/mol. The van der Waals surface area contributed by atoms with Crippen molar-refractivity contribution in [3.63, 3.8) is 0 Å². The summed E-state index contributed by atoms with van der Waals surface area (Å²) in [7, 11) is 0. The Kier molecular flexibility index (Phi) is 5.43. The molecule has 0 aliphatic carbocycles. The van der Waals surface area contributed by atoms with E-state index in [9.17, 15) is 25.2 Å². The van der Waals surface area contributed by atoms with Crippen LogP contribution in [0.5, 0.6) is 17.4 Å². The number of benzene rings is 3. The highest BCUT2D eigenvalue weighted by Gasteiger charge is 2.11. The van der Waals surface area contributed by atoms with Gasteiger partial charge in [-0.2, -0.15) is 0 Å². The van der Waals surface area contributed by atoms with Crippen molar-refractivity contribution in [1.82, 2.24) is 4.98 Å². The number of aromatic hydroxyl groups is 3. The molecular weight excluding hydrogens is 396 g/mol. The number of hydrogen-bond donors (Lipinski definition) is 5. The number of aromatic nitrogens is 1. The van der Waals surface area contributed by atoms with Crippen LogP contribution in [0.2, 0.25) is 0 Å². The summed E-state index contributed by atoms with van der Waals surface area (Å²) in [6.45, 7) is 0.164. The minimum Gasteiger partial charge on any atom is -0.504 e. The molecule has 1 heterocycles. The van der Waals surface area contributed by atoms with Crippen LogP contribution in [0.4, 0.5) is 0 Å². The topological polar surface area (TPSA) is 126 Å². The van der Waals surface area contributed by atoms with E-state index < -0.39 is 5.56 Å². The highest BCUT2D eigenvalue weighted by atomic mass is 16.3. The Morgan fingerprint density at radius 3 is 2.23 bits per heavy atom. The van der Waals surface area contributed by atoms with Crippen molar-refractivity contribution in [3.05, 3.63) is 87.7 Å². The summed E-state index contributed by atoms with van der Waals surface area (Å²) in [5, 5.41) is 39.5. The number of aliphatic hydroxyl groups is 1. The van der Waals surface area contributed by atoms with Gasteiger partial charge in [0.15, 0.2) is 11.5 Å². The lowest BCUT2D eigenvalue weighted by atomic mass is 9.99. The molecule has 0 amide bonds. The Hall–Kier alpha value is -4.10. The van der Waals surface area contributed by atoms with Crippen molar-refractivity contribution < 1.29 is 20.4 Å². The average molecular weight is 416 g/mol. The number of pyridine rings is 1. The van der Waals surface area contributed by atoms with E-state index in [0.717, 1.165) is 16.7 Å². The number of fused-ring (bicyclic) bond motifs is 1. The molecule has 1 aromatic heterocycles. The van der Waals surface area contributed by atoms with Gasteiger partial charge in [-0.1, -0.05) is 36.4 Å². The quantitative estimate of drug-likeness (QED) is 0.252. The number of H-pyrrole nitrogens is 1. The molecule has 0 radical (unpaired) electrons. The fourth-order valence-electron chi connectivity index (χ4n) is 3.36. The number of aromatic amines is 1. The lowest BCUT2D eigenvalue weighted by molar-refractivity contribution is 0.282. The van der Waals surface area contributed by atoms with Crippen LogP contribution >= 0.6 is 0 Å². The molecule has 0 unspecified atom stereocenters. The smallest absolute Gasteiger partial charge is 0.258 e. The van der Waals surface area contributed by atoms with Gasteiger partial charge in [0.2, 0.25) is 5.88 Å². The maximum atomic E-state index is 12.3. The molecule has 7 nitrogen and oxygen atoms in total. The van der Waals surface area contributed by atoms with Crippen molar-refractivity contribution in [2.75, 3.05) is 0 Å². The highest BCUT2D eigenvalue weighted by molar-refractivity contribution is 6.02. The third kappa shape index (κ3) is 4.12. The molecule has 3 aromatic carbocycles. The van der Waals surface area contributed by atoms with Crippen LogP contribution in [0.1, 0.15) is 16.7 Å². The Bertz CT molecular complexity index is 1340. The van der Waals surface area contributed by atoms with Crippen molar-refractivity contribution in [1.29, 1.82) is 0 Å². The minimum atomic E-state index is -0.407. The maximum absolute atomic E-state index is 12.3. The van der Waals surface area contributed by atoms with Crippen molar-refractivity contribution in [3.8, 4) is 28.5 Å². The van der Waals surface area contributed by atoms with E-state index in [1.165, 1.54) is 18.3 Å². The molecule has 0 saturated heterocycles. The zero-order chi connectivity index (χ0) is 22.0. The Balaban J connectivity index is 1.74. The van der Waals surface area contributed by atoms with Crippen LogP contribution in [0.15, 0.2) is 70.5 Å². The van der Waals surface area contributed by atoms with E-state index in [1.807, 2.05) is 36.4 Å². The second-order valence-electron chi connectivity index (χ2n) is 7.12. The SMILES string of the molecule is O=c1[nH]c(O)c(C=NCc2ccc(O)c(O)c2)c2cc(-c3ccc(CO)cc3)ccc12. The number of aliphatic hydroxyl groups excluding tert-OH is 1. The first-order valence-corrected chi connectivity index (χ1v) is 9.56. The first-order chi connectivity index (χ1) is 15.0. The molecule has 156 valence electrons. The normalized spacial score (nSPS) is 11.4. The molecule has 4 aromatic rings. The zero-order valence-electron chi connectivity index (χ0n) is 16.4.